The molecule has 1 aliphatic rings. The van der Waals surface area contributed by atoms with Crippen molar-refractivity contribution in [2.45, 2.75) is 12.8 Å². The second kappa shape index (κ2) is 7.73. The van der Waals surface area contributed by atoms with Gasteiger partial charge in [0.1, 0.15) is 0 Å². The van der Waals surface area contributed by atoms with Gasteiger partial charge in [0, 0.05) is 23.7 Å². The number of carbonyl (C=O) groups excluding carboxylic acids is 1. The minimum Gasteiger partial charge on any atom is -0.338 e. The monoisotopic (exact) mass is 302 g/mol. The molecule has 1 saturated heterocycles. The van der Waals surface area contributed by atoms with Crippen molar-refractivity contribution in [1.29, 1.82) is 0 Å². The average Bonchev–Trinajstić information content (AvgIpc) is 2.39. The fourth-order valence-corrected chi connectivity index (χ4v) is 2.70. The first-order valence-corrected chi connectivity index (χ1v) is 6.78. The number of amides is 1. The highest BCUT2D eigenvalue weighted by atomic mass is 35.5. The molecule has 1 amide bonds. The third kappa shape index (κ3) is 4.37. The second-order valence-electron chi connectivity index (χ2n) is 4.83. The number of carbonyl (C=O) groups is 1. The van der Waals surface area contributed by atoms with Crippen LogP contribution < -0.4 is 5.32 Å². The van der Waals surface area contributed by atoms with E-state index < -0.39 is 0 Å². The molecular weight excluding hydrogens is 283 g/mol. The molecule has 0 aromatic heterocycles. The Kier molecular flexibility index (Phi) is 6.63. The van der Waals surface area contributed by atoms with Gasteiger partial charge in [0.15, 0.2) is 0 Å². The molecule has 1 atom stereocenters. The molecule has 0 radical (unpaired) electrons. The first kappa shape index (κ1) is 16.3. The van der Waals surface area contributed by atoms with Crippen molar-refractivity contribution in [2.75, 3.05) is 26.7 Å². The lowest BCUT2D eigenvalue weighted by molar-refractivity contribution is 0.0674. The highest BCUT2D eigenvalue weighted by Crippen LogP contribution is 2.19. The Morgan fingerprint density at radius 1 is 1.53 bits per heavy atom. The molecule has 1 N–H and O–H groups in total. The average molecular weight is 303 g/mol. The molecule has 0 aliphatic carbocycles. The first-order chi connectivity index (χ1) is 8.70. The van der Waals surface area contributed by atoms with E-state index in [0.717, 1.165) is 26.1 Å². The molecule has 1 unspecified atom stereocenters. The van der Waals surface area contributed by atoms with Gasteiger partial charge in [-0.3, -0.25) is 4.79 Å². The summed E-state index contributed by atoms with van der Waals surface area (Å²) in [5.41, 5.74) is 0.688. The van der Waals surface area contributed by atoms with E-state index in [-0.39, 0.29) is 18.3 Å². The van der Waals surface area contributed by atoms with E-state index in [9.17, 15) is 4.79 Å². The van der Waals surface area contributed by atoms with Crippen LogP contribution in [0.2, 0.25) is 5.02 Å². The van der Waals surface area contributed by atoms with Crippen LogP contribution in [0.15, 0.2) is 24.3 Å². The summed E-state index contributed by atoms with van der Waals surface area (Å²) in [7, 11) is 1.96. The van der Waals surface area contributed by atoms with Crippen LogP contribution in [0.25, 0.3) is 0 Å². The zero-order chi connectivity index (χ0) is 13.0. The summed E-state index contributed by atoms with van der Waals surface area (Å²) in [4.78, 5) is 14.3. The Bertz CT molecular complexity index is 424. The molecule has 1 fully saturated rings. The zero-order valence-electron chi connectivity index (χ0n) is 11.1. The van der Waals surface area contributed by atoms with E-state index in [1.165, 1.54) is 6.42 Å². The molecule has 1 heterocycles. The molecule has 5 heteroatoms. The molecule has 19 heavy (non-hydrogen) atoms. The molecule has 0 spiro atoms. The Labute approximate surface area is 125 Å². The second-order valence-corrected chi connectivity index (χ2v) is 5.26. The Hall–Kier alpha value is -0.770. The van der Waals surface area contributed by atoms with Crippen molar-refractivity contribution < 1.29 is 4.79 Å². The smallest absolute Gasteiger partial charge is 0.253 e. The van der Waals surface area contributed by atoms with Gasteiger partial charge in [-0.05, 0) is 50.6 Å². The minimum absolute atomic E-state index is 0. The summed E-state index contributed by atoms with van der Waals surface area (Å²) in [6, 6.07) is 7.18. The number of nitrogens with zero attached hydrogens (tertiary/aromatic N) is 1. The lowest BCUT2D eigenvalue weighted by Crippen LogP contribution is -2.42. The van der Waals surface area contributed by atoms with E-state index in [1.54, 1.807) is 12.1 Å². The molecule has 1 aromatic rings. The van der Waals surface area contributed by atoms with Crippen LogP contribution in [0.1, 0.15) is 23.2 Å². The van der Waals surface area contributed by atoms with Gasteiger partial charge < -0.3 is 10.2 Å². The van der Waals surface area contributed by atoms with E-state index in [2.05, 4.69) is 5.32 Å². The van der Waals surface area contributed by atoms with Crippen LogP contribution in [0.5, 0.6) is 0 Å². The van der Waals surface area contributed by atoms with Crippen molar-refractivity contribution >= 4 is 29.9 Å². The number of hydrogen-bond donors (Lipinski definition) is 1. The molecule has 2 rings (SSSR count). The number of benzene rings is 1. The minimum atomic E-state index is 0. The molecule has 1 aliphatic heterocycles. The number of nitrogens with one attached hydrogen (secondary N) is 1. The highest BCUT2D eigenvalue weighted by molar-refractivity contribution is 6.30. The fourth-order valence-electron chi connectivity index (χ4n) is 2.51. The maximum atomic E-state index is 12.3. The lowest BCUT2D eigenvalue weighted by atomic mass is 9.97. The molecule has 3 nitrogen and oxygen atoms in total. The fraction of sp³-hybridized carbons (Fsp3) is 0.500. The highest BCUT2D eigenvalue weighted by Gasteiger charge is 2.23. The predicted octanol–water partition coefficient (Wildman–Crippen LogP) is 2.83. The number of halogens is 2. The van der Waals surface area contributed by atoms with E-state index in [0.29, 0.717) is 16.5 Å². The van der Waals surface area contributed by atoms with Crippen molar-refractivity contribution in [1.82, 2.24) is 10.2 Å². The van der Waals surface area contributed by atoms with Crippen LogP contribution in [-0.2, 0) is 0 Å². The van der Waals surface area contributed by atoms with Gasteiger partial charge in [0.05, 0.1) is 0 Å². The van der Waals surface area contributed by atoms with Gasteiger partial charge in [-0.2, -0.15) is 0 Å². The Morgan fingerprint density at radius 2 is 2.32 bits per heavy atom. The van der Waals surface area contributed by atoms with Gasteiger partial charge >= 0.3 is 0 Å². The molecular formula is C14H20Cl2N2O. The van der Waals surface area contributed by atoms with Crippen molar-refractivity contribution in [3.05, 3.63) is 34.9 Å². The summed E-state index contributed by atoms with van der Waals surface area (Å²) in [5, 5.41) is 3.80. The number of rotatable bonds is 3. The lowest BCUT2D eigenvalue weighted by Gasteiger charge is -2.32. The molecule has 1 aromatic carbocycles. The van der Waals surface area contributed by atoms with E-state index >= 15 is 0 Å². The van der Waals surface area contributed by atoms with Crippen molar-refractivity contribution in [3.8, 4) is 0 Å². The predicted molar refractivity (Wildman–Crippen MR) is 81.3 cm³/mol. The summed E-state index contributed by atoms with van der Waals surface area (Å²) in [6.45, 7) is 2.66. The number of likely N-dealkylation sites (tertiary alicyclic amines) is 1. The van der Waals surface area contributed by atoms with E-state index in [1.807, 2.05) is 24.1 Å². The number of hydrogen-bond acceptors (Lipinski definition) is 2. The van der Waals surface area contributed by atoms with Gasteiger partial charge in [-0.15, -0.1) is 12.4 Å². The quantitative estimate of drug-likeness (QED) is 0.931. The Balaban J connectivity index is 0.00000180. The van der Waals surface area contributed by atoms with Gasteiger partial charge in [0.25, 0.3) is 5.91 Å². The van der Waals surface area contributed by atoms with Crippen LogP contribution in [0.3, 0.4) is 0 Å². The van der Waals surface area contributed by atoms with Crippen molar-refractivity contribution in [3.63, 3.8) is 0 Å². The Morgan fingerprint density at radius 3 is 3.00 bits per heavy atom. The summed E-state index contributed by atoms with van der Waals surface area (Å²) >= 11 is 5.93. The zero-order valence-corrected chi connectivity index (χ0v) is 12.6. The van der Waals surface area contributed by atoms with Crippen LogP contribution in [0, 0.1) is 5.92 Å². The van der Waals surface area contributed by atoms with Gasteiger partial charge in [-0.25, -0.2) is 0 Å². The van der Waals surface area contributed by atoms with E-state index in [4.69, 9.17) is 11.6 Å². The molecule has 0 bridgehead atoms. The summed E-state index contributed by atoms with van der Waals surface area (Å²) in [6.07, 6.45) is 2.28. The maximum absolute atomic E-state index is 12.3. The number of piperidine rings is 1. The van der Waals surface area contributed by atoms with Crippen molar-refractivity contribution in [2.24, 2.45) is 5.92 Å². The normalized spacial score (nSPS) is 18.8. The largest absolute Gasteiger partial charge is 0.338 e. The standard InChI is InChI=1S/C14H19ClN2O.ClH/c1-16-9-11-4-3-7-17(10-11)14(18)12-5-2-6-13(15)8-12;/h2,5-6,8,11,16H,3-4,7,9-10H2,1H3;1H. The van der Waals surface area contributed by atoms with Crippen LogP contribution in [0.4, 0.5) is 0 Å². The van der Waals surface area contributed by atoms with Gasteiger partial charge in [0.2, 0.25) is 0 Å². The summed E-state index contributed by atoms with van der Waals surface area (Å²) < 4.78 is 0. The van der Waals surface area contributed by atoms with Gasteiger partial charge in [-0.1, -0.05) is 17.7 Å². The third-order valence-electron chi connectivity index (χ3n) is 3.37. The maximum Gasteiger partial charge on any atom is 0.253 e. The topological polar surface area (TPSA) is 32.3 Å². The third-order valence-corrected chi connectivity index (χ3v) is 3.61. The molecule has 106 valence electrons. The summed E-state index contributed by atoms with van der Waals surface area (Å²) in [5.74, 6) is 0.658. The first-order valence-electron chi connectivity index (χ1n) is 6.40. The molecule has 0 saturated carbocycles. The van der Waals surface area contributed by atoms with Crippen LogP contribution >= 0.6 is 24.0 Å². The van der Waals surface area contributed by atoms with Crippen LogP contribution in [-0.4, -0.2) is 37.5 Å². The SMILES string of the molecule is CNCC1CCCN(C(=O)c2cccc(Cl)c2)C1.Cl.